The van der Waals surface area contributed by atoms with Crippen molar-refractivity contribution in [3.8, 4) is 5.69 Å². The van der Waals surface area contributed by atoms with E-state index in [1.54, 1.807) is 13.0 Å². The summed E-state index contributed by atoms with van der Waals surface area (Å²) < 4.78 is 1.46. The van der Waals surface area contributed by atoms with Crippen LogP contribution in [-0.2, 0) is 0 Å². The highest BCUT2D eigenvalue weighted by Gasteiger charge is 2.14. The Balaban J connectivity index is 1.99. The molecule has 0 aliphatic carbocycles. The number of anilines is 1. The van der Waals surface area contributed by atoms with Crippen LogP contribution in [0.2, 0.25) is 0 Å². The summed E-state index contributed by atoms with van der Waals surface area (Å²) in [7, 11) is 0. The van der Waals surface area contributed by atoms with Crippen molar-refractivity contribution in [1.29, 1.82) is 5.41 Å². The standard InChI is InChI=1S/C19H18N4O/c1-13-8-10-16(11-9-13)23-17(20)12-14(2)18(22-23)19(24)21-15-6-4-3-5-7-15/h3-12,20H,1-2H3,(H,21,24). The predicted molar refractivity (Wildman–Crippen MR) is 93.3 cm³/mol. The molecule has 24 heavy (non-hydrogen) atoms. The van der Waals surface area contributed by atoms with Crippen molar-refractivity contribution < 1.29 is 4.79 Å². The van der Waals surface area contributed by atoms with E-state index >= 15 is 0 Å². The van der Waals surface area contributed by atoms with Gasteiger partial charge in [0.05, 0.1) is 5.69 Å². The number of hydrogen-bond acceptors (Lipinski definition) is 3. The van der Waals surface area contributed by atoms with Crippen LogP contribution in [0.5, 0.6) is 0 Å². The van der Waals surface area contributed by atoms with E-state index in [-0.39, 0.29) is 11.4 Å². The summed E-state index contributed by atoms with van der Waals surface area (Å²) in [5, 5.41) is 15.3. The average Bonchev–Trinajstić information content (AvgIpc) is 2.57. The molecule has 1 amide bonds. The normalized spacial score (nSPS) is 10.4. The van der Waals surface area contributed by atoms with Gasteiger partial charge < -0.3 is 5.32 Å². The zero-order chi connectivity index (χ0) is 17.1. The quantitative estimate of drug-likeness (QED) is 0.778. The van der Waals surface area contributed by atoms with E-state index in [0.29, 0.717) is 16.9 Å². The lowest BCUT2D eigenvalue weighted by Crippen LogP contribution is -2.26. The highest BCUT2D eigenvalue weighted by molar-refractivity contribution is 6.03. The Morgan fingerprint density at radius 1 is 1.04 bits per heavy atom. The van der Waals surface area contributed by atoms with Crippen LogP contribution in [-0.4, -0.2) is 15.7 Å². The molecule has 1 heterocycles. The maximum atomic E-state index is 12.5. The molecule has 0 aliphatic rings. The number of benzene rings is 2. The molecule has 120 valence electrons. The van der Waals surface area contributed by atoms with E-state index in [9.17, 15) is 4.79 Å². The number of carbonyl (C=O) groups excluding carboxylic acids is 1. The first-order valence-electron chi connectivity index (χ1n) is 7.63. The van der Waals surface area contributed by atoms with Gasteiger partial charge in [0.1, 0.15) is 5.49 Å². The first-order chi connectivity index (χ1) is 11.5. The fourth-order valence-electron chi connectivity index (χ4n) is 2.39. The van der Waals surface area contributed by atoms with Gasteiger partial charge in [0.25, 0.3) is 5.91 Å². The molecule has 1 aromatic heterocycles. The van der Waals surface area contributed by atoms with Crippen LogP contribution in [0.15, 0.2) is 60.7 Å². The molecule has 3 aromatic rings. The molecule has 0 spiro atoms. The second-order valence-electron chi connectivity index (χ2n) is 5.63. The highest BCUT2D eigenvalue weighted by Crippen LogP contribution is 2.11. The number of hydrogen-bond donors (Lipinski definition) is 2. The summed E-state index contributed by atoms with van der Waals surface area (Å²) >= 11 is 0. The molecular formula is C19H18N4O. The monoisotopic (exact) mass is 318 g/mol. The van der Waals surface area contributed by atoms with Crippen LogP contribution in [0.1, 0.15) is 21.6 Å². The molecule has 2 N–H and O–H groups in total. The van der Waals surface area contributed by atoms with Crippen molar-refractivity contribution >= 4 is 11.6 Å². The van der Waals surface area contributed by atoms with Gasteiger partial charge in [-0.25, -0.2) is 4.68 Å². The van der Waals surface area contributed by atoms with Crippen LogP contribution in [0, 0.1) is 19.3 Å². The van der Waals surface area contributed by atoms with Crippen LogP contribution in [0.4, 0.5) is 5.69 Å². The third-order valence-corrected chi connectivity index (χ3v) is 3.68. The third kappa shape index (κ3) is 3.25. The molecule has 0 radical (unpaired) electrons. The fourth-order valence-corrected chi connectivity index (χ4v) is 2.39. The van der Waals surface area contributed by atoms with Crippen molar-refractivity contribution in [1.82, 2.24) is 9.78 Å². The molecule has 3 rings (SSSR count). The van der Waals surface area contributed by atoms with E-state index in [0.717, 1.165) is 11.3 Å². The molecule has 0 saturated heterocycles. The first kappa shape index (κ1) is 15.7. The van der Waals surface area contributed by atoms with Crippen LogP contribution >= 0.6 is 0 Å². The molecular weight excluding hydrogens is 300 g/mol. The Kier molecular flexibility index (Phi) is 4.24. The van der Waals surface area contributed by atoms with Gasteiger partial charge in [-0.15, -0.1) is 0 Å². The molecule has 0 bridgehead atoms. The van der Waals surface area contributed by atoms with Gasteiger partial charge in [-0.05, 0) is 49.7 Å². The van der Waals surface area contributed by atoms with E-state index < -0.39 is 0 Å². The van der Waals surface area contributed by atoms with E-state index in [4.69, 9.17) is 5.41 Å². The average molecular weight is 318 g/mol. The Labute approximate surface area is 140 Å². The SMILES string of the molecule is Cc1ccc(-n2nc(C(=O)Nc3ccccc3)c(C)cc2=N)cc1. The lowest BCUT2D eigenvalue weighted by atomic mass is 10.2. The van der Waals surface area contributed by atoms with Gasteiger partial charge in [-0.1, -0.05) is 35.9 Å². The third-order valence-electron chi connectivity index (χ3n) is 3.68. The molecule has 0 atom stereocenters. The Morgan fingerprint density at radius 2 is 1.71 bits per heavy atom. The van der Waals surface area contributed by atoms with Gasteiger partial charge in [-0.3, -0.25) is 10.2 Å². The van der Waals surface area contributed by atoms with Gasteiger partial charge in [-0.2, -0.15) is 5.10 Å². The smallest absolute Gasteiger partial charge is 0.276 e. The summed E-state index contributed by atoms with van der Waals surface area (Å²) in [6, 6.07) is 18.6. The number of amides is 1. The molecule has 0 saturated carbocycles. The van der Waals surface area contributed by atoms with Gasteiger partial charge in [0, 0.05) is 5.69 Å². The van der Waals surface area contributed by atoms with Gasteiger partial charge in [0.15, 0.2) is 5.69 Å². The van der Waals surface area contributed by atoms with Crippen LogP contribution in [0.3, 0.4) is 0 Å². The predicted octanol–water partition coefficient (Wildman–Crippen LogP) is 3.22. The Morgan fingerprint density at radius 3 is 2.38 bits per heavy atom. The minimum atomic E-state index is -0.292. The number of aryl methyl sites for hydroxylation is 2. The molecule has 0 aliphatic heterocycles. The fraction of sp³-hybridized carbons (Fsp3) is 0.105. The summed E-state index contributed by atoms with van der Waals surface area (Å²) in [5.74, 6) is -0.292. The van der Waals surface area contributed by atoms with E-state index in [2.05, 4.69) is 10.4 Å². The number of nitrogens with one attached hydrogen (secondary N) is 2. The summed E-state index contributed by atoms with van der Waals surface area (Å²) in [6.45, 7) is 3.78. The molecule has 0 fully saturated rings. The summed E-state index contributed by atoms with van der Waals surface area (Å²) in [6.07, 6.45) is 0. The van der Waals surface area contributed by atoms with Crippen LogP contribution < -0.4 is 10.8 Å². The number of nitrogens with zero attached hydrogens (tertiary/aromatic N) is 2. The highest BCUT2D eigenvalue weighted by atomic mass is 16.1. The van der Waals surface area contributed by atoms with Gasteiger partial charge in [0.2, 0.25) is 0 Å². The molecule has 5 nitrogen and oxygen atoms in total. The largest absolute Gasteiger partial charge is 0.321 e. The number of carbonyl (C=O) groups is 1. The van der Waals surface area contributed by atoms with E-state index in [1.165, 1.54) is 4.68 Å². The molecule has 5 heteroatoms. The summed E-state index contributed by atoms with van der Waals surface area (Å²) in [4.78, 5) is 12.5. The van der Waals surface area contributed by atoms with Crippen molar-refractivity contribution in [2.45, 2.75) is 13.8 Å². The number of aromatic nitrogens is 2. The van der Waals surface area contributed by atoms with Crippen molar-refractivity contribution in [2.75, 3.05) is 5.32 Å². The Bertz CT molecular complexity index is 928. The molecule has 2 aromatic carbocycles. The zero-order valence-corrected chi connectivity index (χ0v) is 13.6. The second-order valence-corrected chi connectivity index (χ2v) is 5.63. The zero-order valence-electron chi connectivity index (χ0n) is 13.6. The van der Waals surface area contributed by atoms with Crippen molar-refractivity contribution in [3.05, 3.63) is 83.0 Å². The number of para-hydroxylation sites is 1. The lowest BCUT2D eigenvalue weighted by molar-refractivity contribution is 0.102. The summed E-state index contributed by atoms with van der Waals surface area (Å²) in [5.41, 5.74) is 3.78. The van der Waals surface area contributed by atoms with Gasteiger partial charge >= 0.3 is 0 Å². The minimum Gasteiger partial charge on any atom is -0.321 e. The maximum absolute atomic E-state index is 12.5. The first-order valence-corrected chi connectivity index (χ1v) is 7.63. The Hall–Kier alpha value is -3.21. The van der Waals surface area contributed by atoms with Crippen molar-refractivity contribution in [3.63, 3.8) is 0 Å². The topological polar surface area (TPSA) is 70.8 Å². The second kappa shape index (κ2) is 6.50. The molecule has 0 unspecified atom stereocenters. The maximum Gasteiger partial charge on any atom is 0.276 e. The van der Waals surface area contributed by atoms with Crippen molar-refractivity contribution in [2.24, 2.45) is 0 Å². The lowest BCUT2D eigenvalue weighted by Gasteiger charge is -2.11. The van der Waals surface area contributed by atoms with E-state index in [1.807, 2.05) is 61.5 Å². The minimum absolute atomic E-state index is 0.229. The number of rotatable bonds is 3. The van der Waals surface area contributed by atoms with Crippen LogP contribution in [0.25, 0.3) is 5.69 Å².